The quantitative estimate of drug-likeness (QED) is 0.255. The van der Waals surface area contributed by atoms with Gasteiger partial charge in [0.2, 0.25) is 11.8 Å². The third-order valence-electron chi connectivity index (χ3n) is 8.00. The summed E-state index contributed by atoms with van der Waals surface area (Å²) in [5, 5.41) is 10.3. The van der Waals surface area contributed by atoms with Crippen LogP contribution in [0.5, 0.6) is 0 Å². The number of fused-ring (bicyclic) bond motifs is 1. The molecule has 1 aromatic carbocycles. The molecule has 6 atom stereocenters. The number of nitrogens with zero attached hydrogens (tertiary/aromatic N) is 2. The Kier molecular flexibility index (Phi) is 8.49. The second-order valence-corrected chi connectivity index (χ2v) is 12.1. The van der Waals surface area contributed by atoms with Crippen LogP contribution in [0.15, 0.2) is 55.6 Å². The Morgan fingerprint density at radius 3 is 2.62 bits per heavy atom. The Morgan fingerprint density at radius 1 is 1.27 bits per heavy atom. The van der Waals surface area contributed by atoms with Gasteiger partial charge >= 0.3 is 5.97 Å². The zero-order valence-corrected chi connectivity index (χ0v) is 22.6. The Labute approximate surface area is 223 Å². The molecule has 3 fully saturated rings. The van der Waals surface area contributed by atoms with Gasteiger partial charge in [-0.3, -0.25) is 14.4 Å². The van der Waals surface area contributed by atoms with Crippen LogP contribution in [0.2, 0.25) is 0 Å². The molecule has 1 spiro atoms. The van der Waals surface area contributed by atoms with Crippen molar-refractivity contribution in [1.82, 2.24) is 9.80 Å². The molecule has 0 aliphatic carbocycles. The normalized spacial score (nSPS) is 28.8. The third kappa shape index (κ3) is 4.86. The first kappa shape index (κ1) is 27.5. The van der Waals surface area contributed by atoms with Crippen LogP contribution in [0.3, 0.4) is 0 Å². The predicted octanol–water partition coefficient (Wildman–Crippen LogP) is 3.43. The first-order valence-corrected chi connectivity index (χ1v) is 14.0. The number of esters is 1. The minimum absolute atomic E-state index is 0.0590. The topological polar surface area (TPSA) is 87.2 Å². The van der Waals surface area contributed by atoms with Gasteiger partial charge in [-0.1, -0.05) is 56.3 Å². The van der Waals surface area contributed by atoms with Crippen LogP contribution in [0, 0.1) is 17.8 Å². The fraction of sp³-hybridized carbons (Fsp3) is 0.552. The smallest absolute Gasteiger partial charge is 0.310 e. The number of hydrogen-bond donors (Lipinski definition) is 1. The fourth-order valence-corrected chi connectivity index (χ4v) is 8.51. The van der Waals surface area contributed by atoms with Crippen molar-refractivity contribution in [1.29, 1.82) is 0 Å². The van der Waals surface area contributed by atoms with E-state index in [0.29, 0.717) is 25.9 Å². The Hall–Kier alpha value is -2.58. The van der Waals surface area contributed by atoms with E-state index in [1.54, 1.807) is 33.7 Å². The van der Waals surface area contributed by atoms with Crippen molar-refractivity contribution in [2.75, 3.05) is 19.8 Å². The molecule has 2 amide bonds. The van der Waals surface area contributed by atoms with E-state index in [0.717, 1.165) is 12.0 Å². The van der Waals surface area contributed by atoms with Gasteiger partial charge < -0.3 is 19.6 Å². The molecule has 0 aromatic heterocycles. The van der Waals surface area contributed by atoms with Crippen LogP contribution in [0.25, 0.3) is 0 Å². The van der Waals surface area contributed by atoms with E-state index >= 15 is 0 Å². The first-order valence-electron chi connectivity index (χ1n) is 13.1. The molecule has 0 radical (unpaired) electrons. The van der Waals surface area contributed by atoms with Crippen molar-refractivity contribution >= 4 is 29.5 Å². The maximum atomic E-state index is 14.4. The van der Waals surface area contributed by atoms with E-state index in [4.69, 9.17) is 4.74 Å². The van der Waals surface area contributed by atoms with Gasteiger partial charge in [0.25, 0.3) is 0 Å². The molecule has 3 saturated heterocycles. The highest BCUT2D eigenvalue weighted by Crippen LogP contribution is 2.67. The molecule has 4 rings (SSSR count). The van der Waals surface area contributed by atoms with Gasteiger partial charge in [0.05, 0.1) is 35.8 Å². The summed E-state index contributed by atoms with van der Waals surface area (Å²) in [6, 6.07) is 8.44. The zero-order valence-electron chi connectivity index (χ0n) is 21.8. The summed E-state index contributed by atoms with van der Waals surface area (Å²) >= 11 is 1.61. The van der Waals surface area contributed by atoms with Crippen LogP contribution in [-0.2, 0) is 25.7 Å². The number of carbonyl (C=O) groups is 3. The lowest BCUT2D eigenvalue weighted by Crippen LogP contribution is -2.58. The van der Waals surface area contributed by atoms with Crippen LogP contribution < -0.4 is 0 Å². The van der Waals surface area contributed by atoms with Gasteiger partial charge in [-0.05, 0) is 30.7 Å². The Bertz CT molecular complexity index is 1030. The molecule has 3 aliphatic heterocycles. The number of rotatable bonds is 12. The molecule has 1 aromatic rings. The molecule has 37 heavy (non-hydrogen) atoms. The Morgan fingerprint density at radius 2 is 2.00 bits per heavy atom. The molecule has 0 saturated carbocycles. The second-order valence-electron chi connectivity index (χ2n) is 10.5. The summed E-state index contributed by atoms with van der Waals surface area (Å²) in [5.41, 5.74) is 0.984. The van der Waals surface area contributed by atoms with E-state index in [1.807, 2.05) is 44.2 Å². The van der Waals surface area contributed by atoms with E-state index in [2.05, 4.69) is 13.2 Å². The highest BCUT2D eigenvalue weighted by Gasteiger charge is 2.74. The number of aliphatic hydroxyl groups is 1. The monoisotopic (exact) mass is 526 g/mol. The first-order chi connectivity index (χ1) is 17.8. The largest absolute Gasteiger partial charge is 0.465 e. The molecule has 3 heterocycles. The SMILES string of the molecule is C=CCCOC(=O)[C@@H]1[C@@H]2CCC3(S2)C(C(=O)N(CC=C)Cc2ccccc2)N([C@@H](CO)C(C)C)C(=O)[C@H]13. The summed E-state index contributed by atoms with van der Waals surface area (Å²) in [5.74, 6) is -2.05. The summed E-state index contributed by atoms with van der Waals surface area (Å²) in [6.45, 7) is 12.1. The van der Waals surface area contributed by atoms with E-state index in [9.17, 15) is 19.5 Å². The van der Waals surface area contributed by atoms with Gasteiger partial charge in [-0.15, -0.1) is 24.9 Å². The number of ether oxygens (including phenoxy) is 1. The molecular weight excluding hydrogens is 488 g/mol. The second kappa shape index (κ2) is 11.4. The molecule has 1 N–H and O–H groups in total. The maximum absolute atomic E-state index is 14.4. The number of likely N-dealkylation sites (tertiary alicyclic amines) is 1. The van der Waals surface area contributed by atoms with Crippen molar-refractivity contribution in [2.24, 2.45) is 17.8 Å². The van der Waals surface area contributed by atoms with Crippen molar-refractivity contribution in [3.05, 3.63) is 61.2 Å². The van der Waals surface area contributed by atoms with Crippen molar-refractivity contribution in [3.8, 4) is 0 Å². The van der Waals surface area contributed by atoms with Crippen LogP contribution in [-0.4, -0.2) is 74.5 Å². The van der Waals surface area contributed by atoms with Crippen molar-refractivity contribution < 1.29 is 24.2 Å². The van der Waals surface area contributed by atoms with Gasteiger partial charge in [0, 0.05) is 18.3 Å². The minimum atomic E-state index is -0.769. The number of carbonyl (C=O) groups excluding carboxylic acids is 3. The summed E-state index contributed by atoms with van der Waals surface area (Å²) in [4.78, 5) is 45.2. The van der Waals surface area contributed by atoms with E-state index in [1.165, 1.54) is 0 Å². The predicted molar refractivity (Wildman–Crippen MR) is 144 cm³/mol. The minimum Gasteiger partial charge on any atom is -0.465 e. The fourth-order valence-electron chi connectivity index (χ4n) is 6.32. The zero-order chi connectivity index (χ0) is 26.7. The average molecular weight is 527 g/mol. The molecule has 2 unspecified atom stereocenters. The lowest BCUT2D eigenvalue weighted by Gasteiger charge is -2.40. The third-order valence-corrected chi connectivity index (χ3v) is 9.95. The summed E-state index contributed by atoms with van der Waals surface area (Å²) < 4.78 is 4.83. The average Bonchev–Trinajstić information content (AvgIpc) is 3.52. The van der Waals surface area contributed by atoms with Crippen molar-refractivity contribution in [2.45, 2.75) is 61.7 Å². The number of amides is 2. The van der Waals surface area contributed by atoms with Crippen LogP contribution in [0.1, 0.15) is 38.7 Å². The molecule has 200 valence electrons. The number of benzene rings is 1. The van der Waals surface area contributed by atoms with Gasteiger partial charge in [-0.2, -0.15) is 0 Å². The van der Waals surface area contributed by atoms with Gasteiger partial charge in [0.15, 0.2) is 0 Å². The summed E-state index contributed by atoms with van der Waals surface area (Å²) in [7, 11) is 0. The highest BCUT2D eigenvalue weighted by atomic mass is 32.2. The number of thioether (sulfide) groups is 1. The molecule has 3 aliphatic rings. The molecular formula is C29H38N2O5S. The highest BCUT2D eigenvalue weighted by molar-refractivity contribution is 8.02. The van der Waals surface area contributed by atoms with E-state index in [-0.39, 0.29) is 42.2 Å². The van der Waals surface area contributed by atoms with Crippen molar-refractivity contribution in [3.63, 3.8) is 0 Å². The summed E-state index contributed by atoms with van der Waals surface area (Å²) in [6.07, 6.45) is 5.35. The van der Waals surface area contributed by atoms with Gasteiger partial charge in [0.1, 0.15) is 6.04 Å². The number of aliphatic hydroxyl groups excluding tert-OH is 1. The van der Waals surface area contributed by atoms with Gasteiger partial charge in [-0.25, -0.2) is 0 Å². The maximum Gasteiger partial charge on any atom is 0.310 e. The molecule has 7 nitrogen and oxygen atoms in total. The standard InChI is InChI=1S/C29H38N2O5S/c1-5-7-16-36-28(35)23-22-13-14-29(37-22)24(23)26(33)31(21(18-32)19(3)4)25(29)27(34)30(15-6-2)17-20-11-9-8-10-12-20/h5-6,8-12,19,21-25,32H,1-2,7,13-18H2,3-4H3/t21-,22-,23+,24-,25?,29?/m0/s1. The lowest BCUT2D eigenvalue weighted by molar-refractivity contribution is -0.154. The van der Waals surface area contributed by atoms with E-state index < -0.39 is 28.7 Å². The molecule has 2 bridgehead atoms. The van der Waals surface area contributed by atoms with Crippen LogP contribution in [0.4, 0.5) is 0 Å². The number of hydrogen-bond acceptors (Lipinski definition) is 6. The van der Waals surface area contributed by atoms with Crippen LogP contribution >= 0.6 is 11.8 Å². The lowest BCUT2D eigenvalue weighted by atomic mass is 9.71. The Balaban J connectivity index is 1.73. The molecule has 8 heteroatoms.